The molecule has 22 heavy (non-hydrogen) atoms. The number of carbonyl (C=O) groups is 1. The van der Waals surface area contributed by atoms with Gasteiger partial charge in [-0.3, -0.25) is 0 Å². The van der Waals surface area contributed by atoms with E-state index in [4.69, 9.17) is 0 Å². The first-order valence-electron chi connectivity index (χ1n) is 7.11. The number of hydrogen-bond donors (Lipinski definition) is 3. The third-order valence-corrected chi connectivity index (χ3v) is 4.86. The van der Waals surface area contributed by atoms with E-state index in [0.29, 0.717) is 6.42 Å². The predicted molar refractivity (Wildman–Crippen MR) is 94.6 cm³/mol. The van der Waals surface area contributed by atoms with Gasteiger partial charge in [0.15, 0.2) is 0 Å². The second-order valence-corrected chi connectivity index (χ2v) is 6.82. The molecule has 0 saturated heterocycles. The van der Waals surface area contributed by atoms with Crippen LogP contribution < -0.4 is 10.6 Å². The third-order valence-electron chi connectivity index (χ3n) is 3.27. The Morgan fingerprint density at radius 3 is 2.86 bits per heavy atom. The molecule has 118 valence electrons. The van der Waals surface area contributed by atoms with Crippen LogP contribution in [0.15, 0.2) is 40.2 Å². The molecule has 6 heteroatoms. The minimum atomic E-state index is -0.315. The number of hydrogen-bond acceptors (Lipinski definition) is 3. The van der Waals surface area contributed by atoms with Gasteiger partial charge in [-0.1, -0.05) is 19.1 Å². The first kappa shape index (κ1) is 17.0. The quantitative estimate of drug-likeness (QED) is 0.711. The summed E-state index contributed by atoms with van der Waals surface area (Å²) in [5.41, 5.74) is 1.88. The van der Waals surface area contributed by atoms with E-state index in [9.17, 15) is 9.90 Å². The van der Waals surface area contributed by atoms with E-state index in [1.165, 1.54) is 0 Å². The molecule has 1 aromatic carbocycles. The van der Waals surface area contributed by atoms with E-state index in [-0.39, 0.29) is 18.7 Å². The lowest BCUT2D eigenvalue weighted by Crippen LogP contribution is -2.41. The van der Waals surface area contributed by atoms with E-state index in [1.54, 1.807) is 11.3 Å². The van der Waals surface area contributed by atoms with Gasteiger partial charge in [0.1, 0.15) is 0 Å². The van der Waals surface area contributed by atoms with Crippen molar-refractivity contribution in [3.8, 4) is 0 Å². The van der Waals surface area contributed by atoms with Gasteiger partial charge in [-0.05, 0) is 51.5 Å². The Hall–Kier alpha value is -1.37. The van der Waals surface area contributed by atoms with Crippen LogP contribution in [0.1, 0.15) is 17.4 Å². The summed E-state index contributed by atoms with van der Waals surface area (Å²) in [6, 6.07) is 9.22. The van der Waals surface area contributed by atoms with Crippen molar-refractivity contribution in [2.45, 2.75) is 25.8 Å². The summed E-state index contributed by atoms with van der Waals surface area (Å²) in [6.45, 7) is 1.97. The molecule has 1 atom stereocenters. The van der Waals surface area contributed by atoms with Gasteiger partial charge in [-0.15, -0.1) is 11.3 Å². The van der Waals surface area contributed by atoms with Gasteiger partial charge in [0.2, 0.25) is 0 Å². The summed E-state index contributed by atoms with van der Waals surface area (Å²) in [5, 5.41) is 17.0. The Morgan fingerprint density at radius 1 is 1.41 bits per heavy atom. The third kappa shape index (κ3) is 4.83. The summed E-state index contributed by atoms with van der Waals surface area (Å²) in [6.07, 6.45) is 1.53. The highest BCUT2D eigenvalue weighted by atomic mass is 79.9. The molecule has 2 aromatic rings. The van der Waals surface area contributed by atoms with E-state index >= 15 is 0 Å². The molecule has 0 fully saturated rings. The zero-order chi connectivity index (χ0) is 15.9. The predicted octanol–water partition coefficient (Wildman–Crippen LogP) is 3.80. The van der Waals surface area contributed by atoms with Crippen molar-refractivity contribution in [3.05, 3.63) is 50.6 Å². The standard InChI is InChI=1S/C16H19BrN2O2S/c1-2-11-5-6-14(17)15(8-11)19-16(21)18-12(10-20)9-13-4-3-7-22-13/h3-8,12,20H,2,9-10H2,1H3,(H2,18,19,21). The summed E-state index contributed by atoms with van der Waals surface area (Å²) < 4.78 is 0.832. The molecule has 0 radical (unpaired) electrons. The van der Waals surface area contributed by atoms with Crippen LogP contribution in [0.25, 0.3) is 0 Å². The van der Waals surface area contributed by atoms with Crippen molar-refractivity contribution in [1.82, 2.24) is 5.32 Å². The van der Waals surface area contributed by atoms with Crippen molar-refractivity contribution < 1.29 is 9.90 Å². The number of nitrogens with one attached hydrogen (secondary N) is 2. The Labute approximate surface area is 142 Å². The second kappa shape index (κ2) is 8.31. The Bertz CT molecular complexity index is 617. The number of benzene rings is 1. The van der Waals surface area contributed by atoms with Crippen molar-refractivity contribution in [1.29, 1.82) is 0 Å². The lowest BCUT2D eigenvalue weighted by molar-refractivity contribution is 0.224. The molecule has 3 N–H and O–H groups in total. The number of rotatable bonds is 6. The van der Waals surface area contributed by atoms with Crippen LogP contribution in [-0.2, 0) is 12.8 Å². The van der Waals surface area contributed by atoms with Crippen LogP contribution in [0.5, 0.6) is 0 Å². The van der Waals surface area contributed by atoms with Crippen LogP contribution in [-0.4, -0.2) is 23.8 Å². The van der Waals surface area contributed by atoms with Crippen LogP contribution >= 0.6 is 27.3 Å². The molecule has 2 rings (SSSR count). The van der Waals surface area contributed by atoms with Crippen molar-refractivity contribution in [2.75, 3.05) is 11.9 Å². The summed E-state index contributed by atoms with van der Waals surface area (Å²) in [4.78, 5) is 13.2. The van der Waals surface area contributed by atoms with Gasteiger partial charge in [0.25, 0.3) is 0 Å². The fourth-order valence-corrected chi connectivity index (χ4v) is 3.20. The first-order valence-corrected chi connectivity index (χ1v) is 8.78. The largest absolute Gasteiger partial charge is 0.394 e. The Kier molecular flexibility index (Phi) is 6.42. The number of halogens is 1. The highest BCUT2D eigenvalue weighted by molar-refractivity contribution is 9.10. The smallest absolute Gasteiger partial charge is 0.319 e. The van der Waals surface area contributed by atoms with E-state index in [0.717, 1.165) is 27.0 Å². The van der Waals surface area contributed by atoms with Crippen molar-refractivity contribution in [2.24, 2.45) is 0 Å². The summed E-state index contributed by atoms with van der Waals surface area (Å²) >= 11 is 5.04. The molecular formula is C16H19BrN2O2S. The zero-order valence-electron chi connectivity index (χ0n) is 12.3. The van der Waals surface area contributed by atoms with Gasteiger partial charge in [-0.2, -0.15) is 0 Å². The number of aliphatic hydroxyl groups is 1. The molecule has 0 aliphatic heterocycles. The Balaban J connectivity index is 1.96. The number of aryl methyl sites for hydroxylation is 1. The van der Waals surface area contributed by atoms with E-state index in [2.05, 4.69) is 33.5 Å². The topological polar surface area (TPSA) is 61.4 Å². The van der Waals surface area contributed by atoms with Gasteiger partial charge >= 0.3 is 6.03 Å². The van der Waals surface area contributed by atoms with Crippen molar-refractivity contribution in [3.63, 3.8) is 0 Å². The van der Waals surface area contributed by atoms with Gasteiger partial charge < -0.3 is 15.7 Å². The molecule has 1 unspecified atom stereocenters. The Morgan fingerprint density at radius 2 is 2.23 bits per heavy atom. The van der Waals surface area contributed by atoms with Gasteiger partial charge in [0.05, 0.1) is 18.3 Å². The fourth-order valence-electron chi connectivity index (χ4n) is 2.06. The summed E-state index contributed by atoms with van der Waals surface area (Å²) in [5.74, 6) is 0. The van der Waals surface area contributed by atoms with E-state index < -0.39 is 0 Å². The minimum absolute atomic E-state index is 0.0957. The second-order valence-electron chi connectivity index (χ2n) is 4.93. The molecule has 1 heterocycles. The average molecular weight is 383 g/mol. The normalized spacial score (nSPS) is 12.0. The SMILES string of the molecule is CCc1ccc(Br)c(NC(=O)NC(CO)Cc2cccs2)c1. The lowest BCUT2D eigenvalue weighted by Gasteiger charge is -2.17. The lowest BCUT2D eigenvalue weighted by atomic mass is 10.1. The maximum absolute atomic E-state index is 12.1. The maximum Gasteiger partial charge on any atom is 0.319 e. The van der Waals surface area contributed by atoms with Crippen LogP contribution in [0.3, 0.4) is 0 Å². The minimum Gasteiger partial charge on any atom is -0.394 e. The molecule has 0 saturated carbocycles. The fraction of sp³-hybridized carbons (Fsp3) is 0.312. The van der Waals surface area contributed by atoms with Gasteiger partial charge in [-0.25, -0.2) is 4.79 Å². The molecule has 1 aromatic heterocycles. The first-order chi connectivity index (χ1) is 10.6. The maximum atomic E-state index is 12.1. The molecule has 0 bridgehead atoms. The van der Waals surface area contributed by atoms with E-state index in [1.807, 2.05) is 35.7 Å². The van der Waals surface area contributed by atoms with Crippen molar-refractivity contribution >= 4 is 39.0 Å². The number of aliphatic hydroxyl groups excluding tert-OH is 1. The highest BCUT2D eigenvalue weighted by Crippen LogP contribution is 2.23. The molecule has 0 spiro atoms. The average Bonchev–Trinajstić information content (AvgIpc) is 3.01. The van der Waals surface area contributed by atoms with Crippen LogP contribution in [0.4, 0.5) is 10.5 Å². The number of thiophene rings is 1. The zero-order valence-corrected chi connectivity index (χ0v) is 14.7. The number of amides is 2. The van der Waals surface area contributed by atoms with Crippen LogP contribution in [0.2, 0.25) is 0 Å². The monoisotopic (exact) mass is 382 g/mol. The van der Waals surface area contributed by atoms with Gasteiger partial charge in [0, 0.05) is 15.8 Å². The summed E-state index contributed by atoms with van der Waals surface area (Å²) in [7, 11) is 0. The number of anilines is 1. The molecule has 4 nitrogen and oxygen atoms in total. The number of carbonyl (C=O) groups excluding carboxylic acids is 1. The number of urea groups is 1. The molecule has 0 aliphatic rings. The highest BCUT2D eigenvalue weighted by Gasteiger charge is 2.13. The van der Waals surface area contributed by atoms with Crippen LogP contribution in [0, 0.1) is 0 Å². The molecule has 2 amide bonds. The molecular weight excluding hydrogens is 364 g/mol. The molecule has 0 aliphatic carbocycles.